The quantitative estimate of drug-likeness (QED) is 0.517. The lowest BCUT2D eigenvalue weighted by atomic mass is 10.2. The van der Waals surface area contributed by atoms with Crippen molar-refractivity contribution in [3.63, 3.8) is 0 Å². The Bertz CT molecular complexity index is 1300. The molecule has 1 fully saturated rings. The molecule has 0 unspecified atom stereocenters. The van der Waals surface area contributed by atoms with Crippen molar-refractivity contribution in [3.05, 3.63) is 52.6 Å². The molecular weight excluding hydrogens is 414 g/mol. The van der Waals surface area contributed by atoms with Gasteiger partial charge in [0.15, 0.2) is 6.20 Å². The number of ether oxygens (including phenoxy) is 1. The van der Waals surface area contributed by atoms with E-state index in [-0.39, 0.29) is 23.8 Å². The Morgan fingerprint density at radius 2 is 2.23 bits per heavy atom. The maximum atomic E-state index is 12.8. The SMILES string of the molecule is Cn1c(=O)c(C(=O)O)cc2cnnc(OCC3(S(=O)(=O)Nc4cccc#[n+]4)CC3)c21. The van der Waals surface area contributed by atoms with E-state index in [1.165, 1.54) is 25.4 Å². The molecule has 0 saturated heterocycles. The molecule has 2 N–H and O–H groups in total. The summed E-state index contributed by atoms with van der Waals surface area (Å²) in [7, 11) is -2.43. The second-order valence-corrected chi connectivity index (χ2v) is 8.99. The maximum Gasteiger partial charge on any atom is 0.394 e. The number of aryl methyl sites for hydroxylation is 1. The summed E-state index contributed by atoms with van der Waals surface area (Å²) < 4.78 is 33.6. The molecule has 1 aliphatic rings. The number of sulfonamides is 1. The van der Waals surface area contributed by atoms with Crippen LogP contribution in [0, 0.1) is 6.20 Å². The first-order chi connectivity index (χ1) is 14.2. The van der Waals surface area contributed by atoms with Crippen LogP contribution in [-0.4, -0.2) is 45.6 Å². The Labute approximate surface area is 170 Å². The normalized spacial score (nSPS) is 14.7. The monoisotopic (exact) mass is 430 g/mol. The van der Waals surface area contributed by atoms with E-state index in [4.69, 9.17) is 4.74 Å². The van der Waals surface area contributed by atoms with Gasteiger partial charge in [0.25, 0.3) is 11.4 Å². The molecule has 0 bridgehead atoms. The van der Waals surface area contributed by atoms with E-state index in [0.717, 1.165) is 4.57 Å². The largest absolute Gasteiger partial charge is 0.477 e. The van der Waals surface area contributed by atoms with Gasteiger partial charge in [-0.05, 0) is 25.0 Å². The summed E-state index contributed by atoms with van der Waals surface area (Å²) in [6.45, 7) is -0.221. The number of carboxylic acids is 1. The Morgan fingerprint density at radius 1 is 1.47 bits per heavy atom. The number of hydrogen-bond acceptors (Lipinski definition) is 7. The molecule has 3 heterocycles. The summed E-state index contributed by atoms with van der Waals surface area (Å²) in [4.78, 5) is 27.4. The van der Waals surface area contributed by atoms with Gasteiger partial charge < -0.3 is 14.4 Å². The first kappa shape index (κ1) is 19.6. The molecule has 30 heavy (non-hydrogen) atoms. The summed E-state index contributed by atoms with van der Waals surface area (Å²) in [5.74, 6) is -1.27. The van der Waals surface area contributed by atoms with E-state index < -0.39 is 31.9 Å². The summed E-state index contributed by atoms with van der Waals surface area (Å²) in [6, 6.07) is 5.85. The van der Waals surface area contributed by atoms with Crippen molar-refractivity contribution in [3.8, 4) is 5.88 Å². The number of aromatic nitrogens is 4. The standard InChI is InChI=1S/C18H15N5O6S/c1-23-14-11(8-12(16(23)24)17(25)26)9-20-21-15(14)29-10-18(5-6-18)30(27,28)22-13-4-2-3-7-19-13/h2-4,8-9H,5-6,10H2,1H3,(H,25,26)/p+1. The van der Waals surface area contributed by atoms with E-state index in [1.54, 1.807) is 12.1 Å². The van der Waals surface area contributed by atoms with Crippen LogP contribution in [0.3, 0.4) is 0 Å². The van der Waals surface area contributed by atoms with Crippen molar-refractivity contribution in [2.75, 3.05) is 11.3 Å². The minimum absolute atomic E-state index is 0.0586. The summed E-state index contributed by atoms with van der Waals surface area (Å²) in [5, 5.41) is 17.2. The molecule has 1 aliphatic carbocycles. The fourth-order valence-corrected chi connectivity index (χ4v) is 4.49. The fraction of sp³-hybridized carbons (Fsp3) is 0.278. The highest BCUT2D eigenvalue weighted by Gasteiger charge is 2.58. The summed E-state index contributed by atoms with van der Waals surface area (Å²) >= 11 is 0. The van der Waals surface area contributed by atoms with E-state index in [0.29, 0.717) is 18.2 Å². The molecule has 0 aliphatic heterocycles. The lowest BCUT2D eigenvalue weighted by Gasteiger charge is -2.15. The van der Waals surface area contributed by atoms with Crippen molar-refractivity contribution in [2.24, 2.45) is 7.05 Å². The molecule has 3 aromatic heterocycles. The third-order valence-electron chi connectivity index (χ3n) is 4.92. The van der Waals surface area contributed by atoms with Crippen molar-refractivity contribution >= 4 is 32.7 Å². The van der Waals surface area contributed by atoms with Gasteiger partial charge >= 0.3 is 21.8 Å². The van der Waals surface area contributed by atoms with Crippen LogP contribution in [0.1, 0.15) is 23.2 Å². The Kier molecular flexibility index (Phi) is 4.54. The molecule has 154 valence electrons. The highest BCUT2D eigenvalue weighted by molar-refractivity contribution is 7.94. The van der Waals surface area contributed by atoms with Gasteiger partial charge in [0.2, 0.25) is 0 Å². The minimum Gasteiger partial charge on any atom is -0.477 e. The Hall–Kier alpha value is -3.72. The summed E-state index contributed by atoms with van der Waals surface area (Å²) in [5.41, 5.74) is -0.934. The number of pyridine rings is 1. The first-order valence-electron chi connectivity index (χ1n) is 8.81. The van der Waals surface area contributed by atoms with Gasteiger partial charge in [-0.3, -0.25) is 4.79 Å². The molecule has 0 atom stereocenters. The van der Waals surface area contributed by atoms with Gasteiger partial charge in [-0.15, -0.1) is 5.10 Å². The smallest absolute Gasteiger partial charge is 0.394 e. The first-order valence-corrected chi connectivity index (χ1v) is 10.3. The van der Waals surface area contributed by atoms with Gasteiger partial charge in [-0.2, -0.15) is 23.2 Å². The van der Waals surface area contributed by atoms with Gasteiger partial charge in [-0.1, -0.05) is 0 Å². The van der Waals surface area contributed by atoms with Crippen LogP contribution in [0.5, 0.6) is 5.88 Å². The number of anilines is 1. The van der Waals surface area contributed by atoms with Crippen LogP contribution in [-0.2, 0) is 17.1 Å². The second kappa shape index (κ2) is 6.96. The van der Waals surface area contributed by atoms with Crippen LogP contribution in [0.25, 0.3) is 10.9 Å². The highest BCUT2D eigenvalue weighted by atomic mass is 32.2. The van der Waals surface area contributed by atoms with Crippen LogP contribution in [0.15, 0.2) is 35.3 Å². The molecule has 0 radical (unpaired) electrons. The van der Waals surface area contributed by atoms with E-state index in [1.807, 2.05) is 0 Å². The molecule has 12 heteroatoms. The van der Waals surface area contributed by atoms with Gasteiger partial charge in [0, 0.05) is 24.6 Å². The molecular formula is C18H16N5O6S+. The van der Waals surface area contributed by atoms with E-state index in [2.05, 4.69) is 26.1 Å². The molecule has 11 nitrogen and oxygen atoms in total. The van der Waals surface area contributed by atoms with Crippen LogP contribution >= 0.6 is 0 Å². The van der Waals surface area contributed by atoms with Crippen LogP contribution in [0.2, 0.25) is 0 Å². The number of carboxylic acid groups (broad SMARTS) is 1. The molecule has 3 aromatic rings. The predicted molar refractivity (Wildman–Crippen MR) is 103 cm³/mol. The van der Waals surface area contributed by atoms with E-state index in [9.17, 15) is 23.1 Å². The number of fused-ring (bicyclic) bond motifs is 1. The number of rotatable bonds is 7. The van der Waals surface area contributed by atoms with Crippen molar-refractivity contribution in [1.82, 2.24) is 14.8 Å². The lowest BCUT2D eigenvalue weighted by molar-refractivity contribution is -0.275. The molecule has 0 spiro atoms. The van der Waals surface area contributed by atoms with Crippen molar-refractivity contribution in [2.45, 2.75) is 17.6 Å². The average molecular weight is 430 g/mol. The van der Waals surface area contributed by atoms with Gasteiger partial charge in [0.05, 0.1) is 6.20 Å². The molecule has 4 rings (SSSR count). The van der Waals surface area contributed by atoms with Crippen LogP contribution in [0.4, 0.5) is 5.82 Å². The Balaban J connectivity index is 1.63. The van der Waals surface area contributed by atoms with Crippen molar-refractivity contribution < 1.29 is 28.0 Å². The summed E-state index contributed by atoms with van der Waals surface area (Å²) in [6.07, 6.45) is 4.61. The molecule has 1 saturated carbocycles. The minimum atomic E-state index is -3.81. The predicted octanol–water partition coefficient (Wildman–Crippen LogP) is -0.220. The molecule has 0 aromatic carbocycles. The van der Waals surface area contributed by atoms with Crippen LogP contribution < -0.4 is 20.0 Å². The second-order valence-electron chi connectivity index (χ2n) is 6.91. The van der Waals surface area contributed by atoms with Crippen molar-refractivity contribution in [1.29, 1.82) is 0 Å². The number of aromatic carboxylic acids is 1. The third-order valence-corrected chi connectivity index (χ3v) is 7.06. The third kappa shape index (κ3) is 3.29. The number of nitrogens with one attached hydrogen (secondary N) is 1. The lowest BCUT2D eigenvalue weighted by Crippen LogP contribution is -2.36. The number of nitrogens with zero attached hydrogens (tertiary/aromatic N) is 4. The Morgan fingerprint density at radius 3 is 2.87 bits per heavy atom. The van der Waals surface area contributed by atoms with Gasteiger partial charge in [0.1, 0.15) is 22.4 Å². The topological polar surface area (TPSA) is 155 Å². The highest BCUT2D eigenvalue weighted by Crippen LogP contribution is 2.44. The number of carbonyl (C=O) groups is 1. The average Bonchev–Trinajstić information content (AvgIpc) is 3.51. The zero-order valence-corrected chi connectivity index (χ0v) is 16.5. The van der Waals surface area contributed by atoms with E-state index >= 15 is 0 Å². The fourth-order valence-electron chi connectivity index (χ4n) is 3.03. The van der Waals surface area contributed by atoms with Gasteiger partial charge in [-0.25, -0.2) is 4.79 Å². The number of hydrogen-bond donors (Lipinski definition) is 2. The zero-order valence-electron chi connectivity index (χ0n) is 15.7. The maximum absolute atomic E-state index is 12.8. The molecule has 0 amide bonds. The zero-order chi connectivity index (χ0) is 21.5.